The Morgan fingerprint density at radius 3 is 2.88 bits per heavy atom. The number of aryl methyl sites for hydroxylation is 1. The van der Waals surface area contributed by atoms with E-state index in [2.05, 4.69) is 5.32 Å². The first-order valence-electron chi connectivity index (χ1n) is 5.55. The van der Waals surface area contributed by atoms with Gasteiger partial charge in [0.1, 0.15) is 5.76 Å². The summed E-state index contributed by atoms with van der Waals surface area (Å²) in [5.74, 6) is 1.28. The number of halogens is 1. The second kappa shape index (κ2) is 4.50. The third-order valence-corrected chi connectivity index (χ3v) is 3.50. The first kappa shape index (κ1) is 11.5. The number of hydrogen-bond acceptors (Lipinski definition) is 2. The number of alkyl halides is 1. The smallest absolute Gasteiger partial charge is 0.254 e. The molecule has 1 aliphatic carbocycles. The molecule has 1 saturated carbocycles. The van der Waals surface area contributed by atoms with Crippen molar-refractivity contribution in [2.45, 2.75) is 26.2 Å². The number of carbonyl (C=O) groups is 1. The summed E-state index contributed by atoms with van der Waals surface area (Å²) in [6.45, 7) is 2.52. The monoisotopic (exact) mass is 241 g/mol. The molecule has 0 aliphatic heterocycles. The van der Waals surface area contributed by atoms with Gasteiger partial charge < -0.3 is 9.73 Å². The highest BCUT2D eigenvalue weighted by Gasteiger charge is 2.41. The lowest BCUT2D eigenvalue weighted by Gasteiger charge is -2.13. The van der Waals surface area contributed by atoms with Crippen LogP contribution in [0.25, 0.3) is 0 Å². The zero-order chi connectivity index (χ0) is 11.6. The van der Waals surface area contributed by atoms with Crippen molar-refractivity contribution in [3.05, 3.63) is 23.7 Å². The quantitative estimate of drug-likeness (QED) is 0.806. The average Bonchev–Trinajstić information content (AvgIpc) is 2.89. The maximum atomic E-state index is 11.8. The molecule has 16 heavy (non-hydrogen) atoms. The van der Waals surface area contributed by atoms with Crippen LogP contribution in [-0.2, 0) is 0 Å². The van der Waals surface area contributed by atoms with Crippen molar-refractivity contribution in [3.8, 4) is 0 Å². The molecule has 3 nitrogen and oxygen atoms in total. The molecule has 1 amide bonds. The predicted molar refractivity (Wildman–Crippen MR) is 62.8 cm³/mol. The topological polar surface area (TPSA) is 42.2 Å². The third-order valence-electron chi connectivity index (χ3n) is 3.31. The fourth-order valence-corrected chi connectivity index (χ4v) is 2.28. The normalized spacial score (nSPS) is 17.1. The number of rotatable bonds is 5. The van der Waals surface area contributed by atoms with Gasteiger partial charge in [-0.15, -0.1) is 11.6 Å². The molecule has 1 aromatic rings. The standard InChI is InChI=1S/C12H16ClNO2/c1-9-10(2-7-16-9)11(15)14-8-12(3-4-12)5-6-13/h2,7H,3-6,8H2,1H3,(H,14,15). The molecule has 0 saturated heterocycles. The van der Waals surface area contributed by atoms with Crippen LogP contribution in [0.1, 0.15) is 35.4 Å². The molecule has 4 heteroatoms. The number of carbonyl (C=O) groups excluding carboxylic acids is 1. The number of hydrogen-bond donors (Lipinski definition) is 1. The molecule has 0 radical (unpaired) electrons. The highest BCUT2D eigenvalue weighted by molar-refractivity contribution is 6.17. The lowest BCUT2D eigenvalue weighted by atomic mass is 10.0. The Morgan fingerprint density at radius 2 is 2.38 bits per heavy atom. The van der Waals surface area contributed by atoms with E-state index in [0.29, 0.717) is 17.2 Å². The van der Waals surface area contributed by atoms with Gasteiger partial charge in [-0.05, 0) is 37.7 Å². The van der Waals surface area contributed by atoms with Crippen molar-refractivity contribution in [2.24, 2.45) is 5.41 Å². The summed E-state index contributed by atoms with van der Waals surface area (Å²) < 4.78 is 5.10. The lowest BCUT2D eigenvalue weighted by molar-refractivity contribution is 0.0943. The van der Waals surface area contributed by atoms with E-state index in [0.717, 1.165) is 13.0 Å². The van der Waals surface area contributed by atoms with E-state index < -0.39 is 0 Å². The van der Waals surface area contributed by atoms with Gasteiger partial charge in [-0.2, -0.15) is 0 Å². The zero-order valence-electron chi connectivity index (χ0n) is 9.38. The van der Waals surface area contributed by atoms with Gasteiger partial charge in [0.2, 0.25) is 0 Å². The van der Waals surface area contributed by atoms with Gasteiger partial charge in [0.15, 0.2) is 0 Å². The Labute approximate surface area is 100 Å². The summed E-state index contributed by atoms with van der Waals surface area (Å²) in [4.78, 5) is 11.8. The molecular weight excluding hydrogens is 226 g/mol. The third kappa shape index (κ3) is 2.40. The van der Waals surface area contributed by atoms with E-state index in [9.17, 15) is 4.79 Å². The highest BCUT2D eigenvalue weighted by atomic mass is 35.5. The van der Waals surface area contributed by atoms with Crippen LogP contribution in [0.4, 0.5) is 0 Å². The van der Waals surface area contributed by atoms with Crippen molar-refractivity contribution in [1.82, 2.24) is 5.32 Å². The molecule has 1 aromatic heterocycles. The van der Waals surface area contributed by atoms with Crippen LogP contribution in [0.3, 0.4) is 0 Å². The Kier molecular flexibility index (Phi) is 3.24. The second-order valence-electron chi connectivity index (χ2n) is 4.51. The SMILES string of the molecule is Cc1occc1C(=O)NCC1(CCCl)CC1. The minimum atomic E-state index is -0.0490. The zero-order valence-corrected chi connectivity index (χ0v) is 10.1. The van der Waals surface area contributed by atoms with Crippen LogP contribution in [0, 0.1) is 12.3 Å². The Hall–Kier alpha value is -0.960. The van der Waals surface area contributed by atoms with E-state index in [1.807, 2.05) is 0 Å². The number of nitrogens with one attached hydrogen (secondary N) is 1. The maximum Gasteiger partial charge on any atom is 0.254 e. The van der Waals surface area contributed by atoms with E-state index in [1.54, 1.807) is 13.0 Å². The summed E-state index contributed by atoms with van der Waals surface area (Å²) in [5, 5.41) is 2.96. The highest BCUT2D eigenvalue weighted by Crippen LogP contribution is 2.48. The Bertz CT molecular complexity index is 382. The molecule has 0 atom stereocenters. The lowest BCUT2D eigenvalue weighted by Crippen LogP contribution is -2.30. The van der Waals surface area contributed by atoms with Crippen molar-refractivity contribution >= 4 is 17.5 Å². The summed E-state index contributed by atoms with van der Waals surface area (Å²) >= 11 is 5.74. The fraction of sp³-hybridized carbons (Fsp3) is 0.583. The van der Waals surface area contributed by atoms with Gasteiger partial charge in [-0.3, -0.25) is 4.79 Å². The summed E-state index contributed by atoms with van der Waals surface area (Å²) in [6.07, 6.45) is 4.86. The minimum Gasteiger partial charge on any atom is -0.469 e. The molecule has 0 aromatic carbocycles. The molecule has 0 bridgehead atoms. The van der Waals surface area contributed by atoms with Gasteiger partial charge in [0.05, 0.1) is 11.8 Å². The Balaban J connectivity index is 1.87. The van der Waals surface area contributed by atoms with Crippen molar-refractivity contribution < 1.29 is 9.21 Å². The molecule has 0 spiro atoms. The van der Waals surface area contributed by atoms with Crippen LogP contribution in [0.2, 0.25) is 0 Å². The molecule has 88 valence electrons. The Morgan fingerprint density at radius 1 is 1.62 bits per heavy atom. The molecular formula is C12H16ClNO2. The van der Waals surface area contributed by atoms with Gasteiger partial charge >= 0.3 is 0 Å². The van der Waals surface area contributed by atoms with Gasteiger partial charge in [0, 0.05) is 12.4 Å². The summed E-state index contributed by atoms with van der Waals surface area (Å²) in [6, 6.07) is 1.70. The van der Waals surface area contributed by atoms with Crippen molar-refractivity contribution in [2.75, 3.05) is 12.4 Å². The van der Waals surface area contributed by atoms with Crippen molar-refractivity contribution in [3.63, 3.8) is 0 Å². The van der Waals surface area contributed by atoms with E-state index >= 15 is 0 Å². The summed E-state index contributed by atoms with van der Waals surface area (Å²) in [5.41, 5.74) is 0.899. The first-order valence-corrected chi connectivity index (χ1v) is 6.09. The van der Waals surface area contributed by atoms with Gasteiger partial charge in [-0.25, -0.2) is 0 Å². The first-order chi connectivity index (χ1) is 7.67. The average molecular weight is 242 g/mol. The van der Waals surface area contributed by atoms with Crippen LogP contribution in [0.5, 0.6) is 0 Å². The molecule has 0 unspecified atom stereocenters. The minimum absolute atomic E-state index is 0.0490. The molecule has 2 rings (SSSR count). The second-order valence-corrected chi connectivity index (χ2v) is 4.89. The van der Waals surface area contributed by atoms with E-state index in [1.165, 1.54) is 19.1 Å². The van der Waals surface area contributed by atoms with Crippen LogP contribution >= 0.6 is 11.6 Å². The fourth-order valence-electron chi connectivity index (χ4n) is 1.88. The predicted octanol–water partition coefficient (Wildman–Crippen LogP) is 2.73. The largest absolute Gasteiger partial charge is 0.469 e. The molecule has 1 N–H and O–H groups in total. The number of amides is 1. The van der Waals surface area contributed by atoms with Gasteiger partial charge in [0.25, 0.3) is 5.91 Å². The van der Waals surface area contributed by atoms with Crippen LogP contribution in [-0.4, -0.2) is 18.3 Å². The van der Waals surface area contributed by atoms with E-state index in [4.69, 9.17) is 16.0 Å². The maximum absolute atomic E-state index is 11.8. The number of furan rings is 1. The van der Waals surface area contributed by atoms with E-state index in [-0.39, 0.29) is 11.3 Å². The van der Waals surface area contributed by atoms with Crippen LogP contribution in [0.15, 0.2) is 16.7 Å². The van der Waals surface area contributed by atoms with Crippen molar-refractivity contribution in [1.29, 1.82) is 0 Å². The molecule has 1 heterocycles. The molecule has 1 aliphatic rings. The van der Waals surface area contributed by atoms with Gasteiger partial charge in [-0.1, -0.05) is 0 Å². The molecule has 1 fully saturated rings. The van der Waals surface area contributed by atoms with Crippen LogP contribution < -0.4 is 5.32 Å². The summed E-state index contributed by atoms with van der Waals surface area (Å²) in [7, 11) is 0.